The summed E-state index contributed by atoms with van der Waals surface area (Å²) in [6.07, 6.45) is 0. The molecular weight excluding hydrogens is 164 g/mol. The third-order valence-electron chi connectivity index (χ3n) is 1.33. The molecule has 0 aliphatic heterocycles. The smallest absolute Gasteiger partial charge is 0.132 e. The van der Waals surface area contributed by atoms with E-state index in [2.05, 4.69) is 25.3 Å². The summed E-state index contributed by atoms with van der Waals surface area (Å²) in [5, 5.41) is 9.26. The van der Waals surface area contributed by atoms with E-state index < -0.39 is 0 Å². The van der Waals surface area contributed by atoms with Gasteiger partial charge in [-0.05, 0) is 18.6 Å². The first-order chi connectivity index (χ1) is 4.63. The Morgan fingerprint density at radius 1 is 1.30 bits per heavy atom. The number of phenols is 1. The van der Waals surface area contributed by atoms with Crippen LogP contribution in [0.2, 0.25) is 0 Å². The largest absolute Gasteiger partial charge is 0.506 e. The summed E-state index contributed by atoms with van der Waals surface area (Å²) < 4.78 is 0. The first-order valence-electron chi connectivity index (χ1n) is 2.83. The van der Waals surface area contributed by atoms with Crippen LogP contribution in [0.15, 0.2) is 21.9 Å². The Balaban J connectivity index is 3.34. The highest BCUT2D eigenvalue weighted by Crippen LogP contribution is 2.30. The van der Waals surface area contributed by atoms with Gasteiger partial charge in [-0.1, -0.05) is 6.07 Å². The highest BCUT2D eigenvalue weighted by Gasteiger charge is 2.02. The molecule has 1 N–H and O–H groups in total. The Hall–Kier alpha value is -0.280. The standard InChI is InChI=1S/C7H8OS2/c1-4-2-3-5(9)7(10)6(4)8/h2-3,8-10H,1H3. The van der Waals surface area contributed by atoms with Crippen molar-refractivity contribution in [3.8, 4) is 5.75 Å². The predicted octanol–water partition coefficient (Wildman–Crippen LogP) is 2.28. The van der Waals surface area contributed by atoms with Gasteiger partial charge < -0.3 is 5.11 Å². The van der Waals surface area contributed by atoms with Crippen LogP contribution in [0.25, 0.3) is 0 Å². The Morgan fingerprint density at radius 2 is 1.90 bits per heavy atom. The first kappa shape index (κ1) is 7.82. The second-order valence-corrected chi connectivity index (χ2v) is 3.03. The molecular formula is C7H8OS2. The molecule has 0 aliphatic rings. The van der Waals surface area contributed by atoms with E-state index in [1.54, 1.807) is 12.1 Å². The second-order valence-electron chi connectivity index (χ2n) is 2.10. The van der Waals surface area contributed by atoms with E-state index in [1.165, 1.54) is 0 Å². The number of aryl methyl sites for hydroxylation is 1. The van der Waals surface area contributed by atoms with Gasteiger partial charge in [-0.25, -0.2) is 0 Å². The van der Waals surface area contributed by atoms with Gasteiger partial charge in [0.2, 0.25) is 0 Å². The number of aromatic hydroxyl groups is 1. The highest BCUT2D eigenvalue weighted by atomic mass is 32.1. The lowest BCUT2D eigenvalue weighted by atomic mass is 10.2. The Bertz CT molecular complexity index is 231. The van der Waals surface area contributed by atoms with Crippen molar-refractivity contribution in [3.63, 3.8) is 0 Å². The summed E-state index contributed by atoms with van der Waals surface area (Å²) in [5.74, 6) is 0.218. The molecule has 0 bridgehead atoms. The molecule has 0 aliphatic carbocycles. The number of phenolic OH excluding ortho intramolecular Hbond substituents is 1. The maximum absolute atomic E-state index is 9.26. The lowest BCUT2D eigenvalue weighted by Crippen LogP contribution is -1.77. The molecule has 0 aromatic heterocycles. The fourth-order valence-corrected chi connectivity index (χ4v) is 1.10. The van der Waals surface area contributed by atoms with E-state index in [0.717, 1.165) is 5.56 Å². The van der Waals surface area contributed by atoms with Crippen LogP contribution in [0, 0.1) is 6.92 Å². The lowest BCUT2D eigenvalue weighted by molar-refractivity contribution is 0.455. The fraction of sp³-hybridized carbons (Fsp3) is 0.143. The third kappa shape index (κ3) is 1.25. The molecule has 54 valence electrons. The maximum atomic E-state index is 9.26. The van der Waals surface area contributed by atoms with E-state index in [-0.39, 0.29) is 5.75 Å². The summed E-state index contributed by atoms with van der Waals surface area (Å²) in [6, 6.07) is 3.61. The molecule has 0 atom stereocenters. The Labute approximate surface area is 70.9 Å². The molecule has 10 heavy (non-hydrogen) atoms. The van der Waals surface area contributed by atoms with Gasteiger partial charge in [0, 0.05) is 4.90 Å². The van der Waals surface area contributed by atoms with Crippen molar-refractivity contribution >= 4 is 25.3 Å². The van der Waals surface area contributed by atoms with Crippen molar-refractivity contribution in [2.75, 3.05) is 0 Å². The summed E-state index contributed by atoms with van der Waals surface area (Å²) >= 11 is 8.13. The summed E-state index contributed by atoms with van der Waals surface area (Å²) in [7, 11) is 0. The first-order valence-corrected chi connectivity index (χ1v) is 3.73. The van der Waals surface area contributed by atoms with Gasteiger partial charge in [-0.3, -0.25) is 0 Å². The molecule has 0 spiro atoms. The van der Waals surface area contributed by atoms with Crippen LogP contribution >= 0.6 is 25.3 Å². The number of hydrogen-bond acceptors (Lipinski definition) is 3. The minimum Gasteiger partial charge on any atom is -0.506 e. The number of thiol groups is 2. The van der Waals surface area contributed by atoms with Crippen LogP contribution in [-0.4, -0.2) is 5.11 Å². The summed E-state index contributed by atoms with van der Waals surface area (Å²) in [4.78, 5) is 1.25. The van der Waals surface area contributed by atoms with E-state index in [0.29, 0.717) is 9.79 Å². The Kier molecular flexibility index (Phi) is 2.16. The molecule has 0 radical (unpaired) electrons. The van der Waals surface area contributed by atoms with Gasteiger partial charge in [-0.2, -0.15) is 0 Å². The molecule has 0 saturated heterocycles. The molecule has 1 aromatic rings. The van der Waals surface area contributed by atoms with Crippen molar-refractivity contribution < 1.29 is 5.11 Å². The predicted molar refractivity (Wildman–Crippen MR) is 47.3 cm³/mol. The van der Waals surface area contributed by atoms with Crippen molar-refractivity contribution in [2.45, 2.75) is 16.7 Å². The molecule has 3 heteroatoms. The van der Waals surface area contributed by atoms with Crippen LogP contribution in [0.5, 0.6) is 5.75 Å². The maximum Gasteiger partial charge on any atom is 0.132 e. The average molecular weight is 172 g/mol. The zero-order valence-corrected chi connectivity index (χ0v) is 7.29. The second kappa shape index (κ2) is 2.76. The summed E-state index contributed by atoms with van der Waals surface area (Å²) in [6.45, 7) is 1.82. The number of rotatable bonds is 0. The normalized spacial score (nSPS) is 9.90. The minimum absolute atomic E-state index is 0.218. The minimum atomic E-state index is 0.218. The molecule has 1 nitrogen and oxygen atoms in total. The lowest BCUT2D eigenvalue weighted by Gasteiger charge is -2.02. The van der Waals surface area contributed by atoms with Crippen molar-refractivity contribution in [2.24, 2.45) is 0 Å². The van der Waals surface area contributed by atoms with E-state index >= 15 is 0 Å². The molecule has 0 unspecified atom stereocenters. The molecule has 1 aromatic carbocycles. The SMILES string of the molecule is Cc1ccc(S)c(S)c1O. The van der Waals surface area contributed by atoms with Crippen LogP contribution in [0.4, 0.5) is 0 Å². The molecule has 0 heterocycles. The third-order valence-corrected chi connectivity index (χ3v) is 2.33. The molecule has 0 amide bonds. The summed E-state index contributed by atoms with van der Waals surface area (Å²) in [5.41, 5.74) is 0.822. The van der Waals surface area contributed by atoms with Crippen molar-refractivity contribution in [1.82, 2.24) is 0 Å². The zero-order valence-electron chi connectivity index (χ0n) is 5.50. The topological polar surface area (TPSA) is 20.2 Å². The van der Waals surface area contributed by atoms with Crippen LogP contribution in [0.3, 0.4) is 0 Å². The van der Waals surface area contributed by atoms with E-state index in [9.17, 15) is 5.11 Å². The van der Waals surface area contributed by atoms with Crippen LogP contribution in [-0.2, 0) is 0 Å². The fourth-order valence-electron chi connectivity index (χ4n) is 0.670. The van der Waals surface area contributed by atoms with Crippen molar-refractivity contribution in [3.05, 3.63) is 17.7 Å². The molecule has 0 fully saturated rings. The van der Waals surface area contributed by atoms with Crippen LogP contribution in [0.1, 0.15) is 5.56 Å². The van der Waals surface area contributed by atoms with E-state index in [4.69, 9.17) is 0 Å². The van der Waals surface area contributed by atoms with Crippen LogP contribution < -0.4 is 0 Å². The van der Waals surface area contributed by atoms with Gasteiger partial charge in [-0.15, -0.1) is 25.3 Å². The van der Waals surface area contributed by atoms with E-state index in [1.807, 2.05) is 6.92 Å². The Morgan fingerprint density at radius 3 is 2.40 bits per heavy atom. The highest BCUT2D eigenvalue weighted by molar-refractivity contribution is 7.83. The van der Waals surface area contributed by atoms with Crippen molar-refractivity contribution in [1.29, 1.82) is 0 Å². The van der Waals surface area contributed by atoms with Gasteiger partial charge >= 0.3 is 0 Å². The number of hydrogen-bond donors (Lipinski definition) is 3. The van der Waals surface area contributed by atoms with Gasteiger partial charge in [0.05, 0.1) is 4.90 Å². The average Bonchev–Trinajstić information content (AvgIpc) is 1.93. The monoisotopic (exact) mass is 172 g/mol. The zero-order chi connectivity index (χ0) is 7.72. The molecule has 0 saturated carbocycles. The van der Waals surface area contributed by atoms with Gasteiger partial charge in [0.1, 0.15) is 5.75 Å². The molecule has 1 rings (SSSR count). The quantitative estimate of drug-likeness (QED) is 0.513. The van der Waals surface area contributed by atoms with Gasteiger partial charge in [0.15, 0.2) is 0 Å². The number of benzene rings is 1. The van der Waals surface area contributed by atoms with Gasteiger partial charge in [0.25, 0.3) is 0 Å².